The molecule has 1 saturated carbocycles. The second kappa shape index (κ2) is 6.92. The molecule has 1 aromatic carbocycles. The number of hydrogen-bond acceptors (Lipinski definition) is 3. The van der Waals surface area contributed by atoms with Crippen molar-refractivity contribution in [3.05, 3.63) is 30.1 Å². The summed E-state index contributed by atoms with van der Waals surface area (Å²) >= 11 is 0. The number of halogens is 1. The molecule has 116 valence electrons. The van der Waals surface area contributed by atoms with Gasteiger partial charge in [-0.25, -0.2) is 9.18 Å². The van der Waals surface area contributed by atoms with Crippen molar-refractivity contribution in [2.45, 2.75) is 51.5 Å². The van der Waals surface area contributed by atoms with Gasteiger partial charge in [0.25, 0.3) is 0 Å². The van der Waals surface area contributed by atoms with Gasteiger partial charge in [0.15, 0.2) is 0 Å². The number of hydrogen-bond donors (Lipinski definition) is 1. The van der Waals surface area contributed by atoms with E-state index in [1.807, 2.05) is 6.92 Å². The summed E-state index contributed by atoms with van der Waals surface area (Å²) in [6.45, 7) is 4.36. The van der Waals surface area contributed by atoms with Crippen molar-refractivity contribution >= 4 is 11.7 Å². The Balaban J connectivity index is 2.18. The third-order valence-corrected chi connectivity index (χ3v) is 4.41. The van der Waals surface area contributed by atoms with Gasteiger partial charge >= 0.3 is 5.97 Å². The highest BCUT2D eigenvalue weighted by Crippen LogP contribution is 2.37. The van der Waals surface area contributed by atoms with E-state index in [0.717, 1.165) is 32.1 Å². The maximum atomic E-state index is 13.4. The van der Waals surface area contributed by atoms with Gasteiger partial charge in [0.1, 0.15) is 11.4 Å². The monoisotopic (exact) mass is 293 g/mol. The first-order valence-corrected chi connectivity index (χ1v) is 7.80. The van der Waals surface area contributed by atoms with Crippen molar-refractivity contribution in [3.63, 3.8) is 0 Å². The van der Waals surface area contributed by atoms with Crippen LogP contribution < -0.4 is 5.32 Å². The molecule has 0 bridgehead atoms. The maximum Gasteiger partial charge on any atom is 0.331 e. The lowest BCUT2D eigenvalue weighted by Crippen LogP contribution is -2.50. The lowest BCUT2D eigenvalue weighted by atomic mass is 9.75. The normalized spacial score (nSPS) is 25.4. The van der Waals surface area contributed by atoms with E-state index < -0.39 is 5.54 Å². The largest absolute Gasteiger partial charge is 0.464 e. The Kier molecular flexibility index (Phi) is 5.21. The van der Waals surface area contributed by atoms with Gasteiger partial charge in [0, 0.05) is 5.69 Å². The number of benzene rings is 1. The third-order valence-electron chi connectivity index (χ3n) is 4.41. The molecule has 0 unspecified atom stereocenters. The summed E-state index contributed by atoms with van der Waals surface area (Å²) in [5.74, 6) is 0.145. The molecule has 0 amide bonds. The molecule has 1 aliphatic carbocycles. The van der Waals surface area contributed by atoms with Crippen LogP contribution in [-0.4, -0.2) is 18.1 Å². The molecule has 21 heavy (non-hydrogen) atoms. The fourth-order valence-electron chi connectivity index (χ4n) is 3.07. The van der Waals surface area contributed by atoms with Crippen LogP contribution in [0.1, 0.15) is 46.0 Å². The molecule has 0 aliphatic heterocycles. The highest BCUT2D eigenvalue weighted by molar-refractivity contribution is 5.84. The Hall–Kier alpha value is -1.58. The van der Waals surface area contributed by atoms with Crippen LogP contribution in [0.2, 0.25) is 0 Å². The predicted octanol–water partition coefficient (Wildman–Crippen LogP) is 4.14. The number of anilines is 1. The molecule has 3 nitrogen and oxygen atoms in total. The topological polar surface area (TPSA) is 38.3 Å². The number of rotatable bonds is 5. The zero-order chi connectivity index (χ0) is 15.3. The van der Waals surface area contributed by atoms with Crippen LogP contribution in [0.5, 0.6) is 0 Å². The Morgan fingerprint density at radius 1 is 1.38 bits per heavy atom. The highest BCUT2D eigenvalue weighted by Gasteiger charge is 2.42. The van der Waals surface area contributed by atoms with Crippen LogP contribution in [0.25, 0.3) is 0 Å². The van der Waals surface area contributed by atoms with E-state index in [9.17, 15) is 9.18 Å². The molecular weight excluding hydrogens is 269 g/mol. The van der Waals surface area contributed by atoms with E-state index >= 15 is 0 Å². The van der Waals surface area contributed by atoms with E-state index in [4.69, 9.17) is 4.74 Å². The average molecular weight is 293 g/mol. The quantitative estimate of drug-likeness (QED) is 0.829. The predicted molar refractivity (Wildman–Crippen MR) is 81.6 cm³/mol. The van der Waals surface area contributed by atoms with Gasteiger partial charge in [-0.05, 0) is 56.7 Å². The van der Waals surface area contributed by atoms with Crippen molar-refractivity contribution in [1.82, 2.24) is 0 Å². The van der Waals surface area contributed by atoms with Gasteiger partial charge in [0.05, 0.1) is 6.61 Å². The van der Waals surface area contributed by atoms with E-state index in [0.29, 0.717) is 18.2 Å². The van der Waals surface area contributed by atoms with E-state index in [1.54, 1.807) is 12.1 Å². The van der Waals surface area contributed by atoms with E-state index in [-0.39, 0.29) is 11.8 Å². The van der Waals surface area contributed by atoms with Gasteiger partial charge in [-0.2, -0.15) is 0 Å². The molecule has 2 rings (SSSR count). The molecule has 1 aromatic rings. The minimum atomic E-state index is -0.713. The molecule has 4 heteroatoms. The number of esters is 1. The Labute approximate surface area is 125 Å². The fraction of sp³-hybridized carbons (Fsp3) is 0.588. The molecule has 0 radical (unpaired) electrons. The Bertz CT molecular complexity index is 481. The Morgan fingerprint density at radius 3 is 2.67 bits per heavy atom. The summed E-state index contributed by atoms with van der Waals surface area (Å²) in [6, 6.07) is 6.26. The van der Waals surface area contributed by atoms with Gasteiger partial charge in [0.2, 0.25) is 0 Å². The van der Waals surface area contributed by atoms with Crippen LogP contribution in [0.4, 0.5) is 10.1 Å². The van der Waals surface area contributed by atoms with Gasteiger partial charge in [-0.3, -0.25) is 0 Å². The second-order valence-electron chi connectivity index (χ2n) is 5.79. The fourth-order valence-corrected chi connectivity index (χ4v) is 3.07. The van der Waals surface area contributed by atoms with Crippen LogP contribution in [-0.2, 0) is 9.53 Å². The molecule has 0 spiro atoms. The molecular formula is C17H24FNO2. The minimum absolute atomic E-state index is 0.219. The zero-order valence-corrected chi connectivity index (χ0v) is 12.8. The van der Waals surface area contributed by atoms with Crippen molar-refractivity contribution in [2.75, 3.05) is 11.9 Å². The third kappa shape index (κ3) is 3.74. The minimum Gasteiger partial charge on any atom is -0.464 e. The summed E-state index contributed by atoms with van der Waals surface area (Å²) in [6.07, 6.45) is 4.61. The van der Waals surface area contributed by atoms with Crippen LogP contribution in [0, 0.1) is 11.7 Å². The molecule has 0 heterocycles. The van der Waals surface area contributed by atoms with Crippen LogP contribution in [0.15, 0.2) is 24.3 Å². The second-order valence-corrected chi connectivity index (χ2v) is 5.79. The van der Waals surface area contributed by atoms with Crippen molar-refractivity contribution in [2.24, 2.45) is 5.92 Å². The lowest BCUT2D eigenvalue weighted by Gasteiger charge is -2.39. The summed E-state index contributed by atoms with van der Waals surface area (Å²) in [5.41, 5.74) is -0.0758. The molecule has 1 aliphatic rings. The molecule has 0 saturated heterocycles. The Morgan fingerprint density at radius 2 is 2.10 bits per heavy atom. The standard InChI is InChI=1S/C17H24FNO2/c1-3-13-8-10-17(11-9-13,16(20)21-4-2)19-15-7-5-6-14(18)12-15/h5-7,12-13,19H,3-4,8-11H2,1-2H3. The molecule has 0 atom stereocenters. The summed E-state index contributed by atoms with van der Waals surface area (Å²) in [7, 11) is 0. The number of carbonyl (C=O) groups excluding carboxylic acids is 1. The lowest BCUT2D eigenvalue weighted by molar-refractivity contribution is -0.150. The first-order valence-electron chi connectivity index (χ1n) is 7.80. The van der Waals surface area contributed by atoms with Gasteiger partial charge in [-0.1, -0.05) is 19.4 Å². The first kappa shape index (κ1) is 15.8. The van der Waals surface area contributed by atoms with Crippen molar-refractivity contribution < 1.29 is 13.9 Å². The SMILES string of the molecule is CCOC(=O)C1(Nc2cccc(F)c2)CCC(CC)CC1. The molecule has 1 fully saturated rings. The summed E-state index contributed by atoms with van der Waals surface area (Å²) < 4.78 is 18.6. The number of ether oxygens (including phenoxy) is 1. The van der Waals surface area contributed by atoms with Crippen molar-refractivity contribution in [1.29, 1.82) is 0 Å². The van der Waals surface area contributed by atoms with Gasteiger partial charge < -0.3 is 10.1 Å². The first-order chi connectivity index (χ1) is 10.1. The summed E-state index contributed by atoms with van der Waals surface area (Å²) in [4.78, 5) is 12.4. The highest BCUT2D eigenvalue weighted by atomic mass is 19.1. The van der Waals surface area contributed by atoms with E-state index in [1.165, 1.54) is 12.1 Å². The molecule has 0 aromatic heterocycles. The summed E-state index contributed by atoms with van der Waals surface area (Å²) in [5, 5.41) is 3.25. The zero-order valence-electron chi connectivity index (χ0n) is 12.8. The smallest absolute Gasteiger partial charge is 0.331 e. The van der Waals surface area contributed by atoms with E-state index in [2.05, 4.69) is 12.2 Å². The van der Waals surface area contributed by atoms with Crippen LogP contribution >= 0.6 is 0 Å². The van der Waals surface area contributed by atoms with Gasteiger partial charge in [-0.15, -0.1) is 0 Å². The number of carbonyl (C=O) groups is 1. The molecule has 1 N–H and O–H groups in total. The maximum absolute atomic E-state index is 13.4. The number of nitrogens with one attached hydrogen (secondary N) is 1. The van der Waals surface area contributed by atoms with Crippen LogP contribution in [0.3, 0.4) is 0 Å². The van der Waals surface area contributed by atoms with Crippen molar-refractivity contribution in [3.8, 4) is 0 Å². The average Bonchev–Trinajstić information content (AvgIpc) is 2.48.